The Balaban J connectivity index is 1.55. The molecule has 3 heterocycles. The van der Waals surface area contributed by atoms with Gasteiger partial charge in [0, 0.05) is 31.0 Å². The maximum Gasteiger partial charge on any atom is 0.245 e. The first kappa shape index (κ1) is 17.3. The second kappa shape index (κ2) is 7.28. The van der Waals surface area contributed by atoms with E-state index in [2.05, 4.69) is 25.4 Å². The number of aromatic hydroxyl groups is 1. The third-order valence-corrected chi connectivity index (χ3v) is 4.72. The minimum Gasteiger partial charge on any atom is -0.507 e. The molecule has 4 rings (SSSR count). The zero-order valence-electron chi connectivity index (χ0n) is 14.7. The van der Waals surface area contributed by atoms with E-state index in [0.29, 0.717) is 30.2 Å². The van der Waals surface area contributed by atoms with Crippen LogP contribution in [0.1, 0.15) is 6.42 Å². The summed E-state index contributed by atoms with van der Waals surface area (Å²) < 4.78 is 19.2. The van der Waals surface area contributed by atoms with Crippen molar-refractivity contribution in [3.63, 3.8) is 0 Å². The van der Waals surface area contributed by atoms with Gasteiger partial charge in [-0.2, -0.15) is 5.10 Å². The predicted octanol–water partition coefficient (Wildman–Crippen LogP) is 2.20. The Morgan fingerprint density at radius 2 is 2.15 bits per heavy atom. The van der Waals surface area contributed by atoms with Gasteiger partial charge in [0.25, 0.3) is 0 Å². The number of rotatable bonds is 4. The molecule has 0 bridgehead atoms. The molecule has 0 saturated carbocycles. The highest BCUT2D eigenvalue weighted by atomic mass is 19.1. The molecule has 9 heteroatoms. The van der Waals surface area contributed by atoms with E-state index in [1.807, 2.05) is 6.07 Å². The van der Waals surface area contributed by atoms with E-state index in [-0.39, 0.29) is 18.4 Å². The van der Waals surface area contributed by atoms with Crippen LogP contribution in [-0.2, 0) is 4.74 Å². The highest BCUT2D eigenvalue weighted by Crippen LogP contribution is 2.32. The first-order chi connectivity index (χ1) is 13.1. The van der Waals surface area contributed by atoms with Gasteiger partial charge >= 0.3 is 0 Å². The summed E-state index contributed by atoms with van der Waals surface area (Å²) in [4.78, 5) is 5.98. The van der Waals surface area contributed by atoms with Crippen LogP contribution in [0.5, 0.6) is 5.75 Å². The molecule has 0 unspecified atom stereocenters. The van der Waals surface area contributed by atoms with Crippen LogP contribution in [0.2, 0.25) is 0 Å². The minimum atomic E-state index is -1.09. The second-order valence-corrected chi connectivity index (χ2v) is 6.42. The lowest BCUT2D eigenvalue weighted by molar-refractivity contribution is 0.0223. The van der Waals surface area contributed by atoms with Gasteiger partial charge in [-0.05, 0) is 24.1 Å². The molecule has 27 heavy (non-hydrogen) atoms. The first-order valence-electron chi connectivity index (χ1n) is 8.60. The van der Waals surface area contributed by atoms with Gasteiger partial charge in [0.2, 0.25) is 5.95 Å². The van der Waals surface area contributed by atoms with Gasteiger partial charge in [0.15, 0.2) is 0 Å². The van der Waals surface area contributed by atoms with Crippen LogP contribution in [-0.4, -0.2) is 63.0 Å². The van der Waals surface area contributed by atoms with Crippen molar-refractivity contribution in [1.29, 1.82) is 0 Å². The number of hydrogen-bond donors (Lipinski definition) is 2. The molecule has 1 aliphatic heterocycles. The van der Waals surface area contributed by atoms with E-state index in [0.717, 1.165) is 11.1 Å². The number of alkyl halides is 1. The van der Waals surface area contributed by atoms with Crippen molar-refractivity contribution in [3.8, 4) is 28.1 Å². The van der Waals surface area contributed by atoms with Crippen molar-refractivity contribution in [2.75, 3.05) is 25.2 Å². The maximum atomic E-state index is 14.1. The lowest BCUT2D eigenvalue weighted by Crippen LogP contribution is -2.46. The molecule has 1 saturated heterocycles. The zero-order chi connectivity index (χ0) is 18.8. The number of aromatic nitrogens is 5. The fraction of sp³-hybridized carbons (Fsp3) is 0.333. The number of halogens is 1. The summed E-state index contributed by atoms with van der Waals surface area (Å²) in [5, 5.41) is 25.3. The van der Waals surface area contributed by atoms with Crippen LogP contribution in [0, 0.1) is 0 Å². The second-order valence-electron chi connectivity index (χ2n) is 6.42. The summed E-state index contributed by atoms with van der Waals surface area (Å²) in [6.07, 6.45) is 4.42. The molecule has 1 fully saturated rings. The molecule has 3 aromatic rings. The first-order valence-corrected chi connectivity index (χ1v) is 8.60. The standard InChI is InChI=1S/C18H19FN6O2/c1-25(16-4-5-27-10-14(16)19)18-20-9-15(23-24-18)13-3-2-11(6-17(13)26)12-7-21-22-8-12/h2-3,6-9,14,16,26H,4-5,10H2,1H3,(H,21,22)/t14-,16+/m0/s1. The normalized spacial score (nSPS) is 19.8. The Labute approximate surface area is 155 Å². The highest BCUT2D eigenvalue weighted by molar-refractivity contribution is 5.73. The number of aromatic amines is 1. The molecule has 1 aliphatic rings. The van der Waals surface area contributed by atoms with Gasteiger partial charge in [-0.25, -0.2) is 9.37 Å². The van der Waals surface area contributed by atoms with Crippen LogP contribution in [0.4, 0.5) is 10.3 Å². The molecule has 140 valence electrons. The number of nitrogens with one attached hydrogen (secondary N) is 1. The van der Waals surface area contributed by atoms with E-state index in [1.165, 1.54) is 6.20 Å². The van der Waals surface area contributed by atoms with Crippen molar-refractivity contribution < 1.29 is 14.2 Å². The van der Waals surface area contributed by atoms with Gasteiger partial charge in [0.05, 0.1) is 25.0 Å². The summed E-state index contributed by atoms with van der Waals surface area (Å²) in [7, 11) is 1.75. The molecule has 2 atom stereocenters. The molecule has 0 aliphatic carbocycles. The number of phenols is 1. The fourth-order valence-electron chi connectivity index (χ4n) is 3.17. The number of H-pyrrole nitrogens is 1. The van der Waals surface area contributed by atoms with Gasteiger partial charge in [-0.15, -0.1) is 10.2 Å². The topological polar surface area (TPSA) is 100 Å². The maximum absolute atomic E-state index is 14.1. The van der Waals surface area contributed by atoms with Crippen LogP contribution >= 0.6 is 0 Å². The number of anilines is 1. The predicted molar refractivity (Wildman–Crippen MR) is 97.0 cm³/mol. The molecule has 2 N–H and O–H groups in total. The van der Waals surface area contributed by atoms with Crippen molar-refractivity contribution in [2.45, 2.75) is 18.6 Å². The Bertz CT molecular complexity index is 903. The van der Waals surface area contributed by atoms with E-state index < -0.39 is 6.17 Å². The van der Waals surface area contributed by atoms with Gasteiger partial charge in [0.1, 0.15) is 17.6 Å². The van der Waals surface area contributed by atoms with Crippen molar-refractivity contribution in [3.05, 3.63) is 36.8 Å². The third kappa shape index (κ3) is 3.45. The van der Waals surface area contributed by atoms with Crippen LogP contribution in [0.3, 0.4) is 0 Å². The Morgan fingerprint density at radius 1 is 1.26 bits per heavy atom. The average Bonchev–Trinajstić information content (AvgIpc) is 3.23. The molecule has 2 aromatic heterocycles. The van der Waals surface area contributed by atoms with E-state index >= 15 is 0 Å². The average molecular weight is 370 g/mol. The summed E-state index contributed by atoms with van der Waals surface area (Å²) in [6.45, 7) is 0.592. The largest absolute Gasteiger partial charge is 0.507 e. The van der Waals surface area contributed by atoms with Crippen LogP contribution < -0.4 is 4.90 Å². The Hall–Kier alpha value is -3.07. The summed E-state index contributed by atoms with van der Waals surface area (Å²) in [5.41, 5.74) is 2.66. The van der Waals surface area contributed by atoms with Crippen molar-refractivity contribution in [2.24, 2.45) is 0 Å². The molecule has 0 amide bonds. The van der Waals surface area contributed by atoms with E-state index in [4.69, 9.17) is 4.74 Å². The van der Waals surface area contributed by atoms with Gasteiger partial charge in [-0.1, -0.05) is 6.07 Å². The van der Waals surface area contributed by atoms with Crippen LogP contribution in [0.15, 0.2) is 36.8 Å². The quantitative estimate of drug-likeness (QED) is 0.726. The zero-order valence-corrected chi connectivity index (χ0v) is 14.7. The van der Waals surface area contributed by atoms with E-state index in [9.17, 15) is 9.50 Å². The molecule has 0 spiro atoms. The van der Waals surface area contributed by atoms with Crippen LogP contribution in [0.25, 0.3) is 22.4 Å². The molecule has 1 aromatic carbocycles. The number of phenolic OH excluding ortho intramolecular Hbond substituents is 1. The number of ether oxygens (including phenoxy) is 1. The van der Waals surface area contributed by atoms with Gasteiger partial charge < -0.3 is 14.7 Å². The summed E-state index contributed by atoms with van der Waals surface area (Å²) >= 11 is 0. The number of hydrogen-bond acceptors (Lipinski definition) is 7. The Morgan fingerprint density at radius 3 is 2.81 bits per heavy atom. The molecular weight excluding hydrogens is 351 g/mol. The van der Waals surface area contributed by atoms with Crippen molar-refractivity contribution in [1.82, 2.24) is 25.4 Å². The monoisotopic (exact) mass is 370 g/mol. The summed E-state index contributed by atoms with van der Waals surface area (Å²) in [6, 6.07) is 4.91. The SMILES string of the molecule is CN(c1ncc(-c2ccc(-c3cn[nH]c3)cc2O)nn1)[C@@H]1CCOC[C@@H]1F. The Kier molecular flexibility index (Phi) is 4.68. The van der Waals surface area contributed by atoms with E-state index in [1.54, 1.807) is 36.5 Å². The smallest absolute Gasteiger partial charge is 0.245 e. The summed E-state index contributed by atoms with van der Waals surface area (Å²) in [5.74, 6) is 0.405. The van der Waals surface area contributed by atoms with Crippen molar-refractivity contribution >= 4 is 5.95 Å². The lowest BCUT2D eigenvalue weighted by atomic mass is 10.0. The number of nitrogens with zero attached hydrogens (tertiary/aromatic N) is 5. The van der Waals surface area contributed by atoms with Gasteiger partial charge in [-0.3, -0.25) is 5.10 Å². The minimum absolute atomic E-state index is 0.0687. The molecule has 8 nitrogen and oxygen atoms in total. The number of benzene rings is 1. The molecular formula is C18H19FN6O2. The fourth-order valence-corrected chi connectivity index (χ4v) is 3.17. The highest BCUT2D eigenvalue weighted by Gasteiger charge is 2.30. The third-order valence-electron chi connectivity index (χ3n) is 4.72. The lowest BCUT2D eigenvalue weighted by Gasteiger charge is -2.33. The molecule has 0 radical (unpaired) electrons.